The fourth-order valence-corrected chi connectivity index (χ4v) is 5.65. The van der Waals surface area contributed by atoms with Crippen LogP contribution in [0.15, 0.2) is 42.5 Å². The molecule has 8 nitrogen and oxygen atoms in total. The summed E-state index contributed by atoms with van der Waals surface area (Å²) in [6.07, 6.45) is 3.82. The lowest BCUT2D eigenvalue weighted by atomic mass is 10.0. The molecule has 4 N–H and O–H groups in total. The van der Waals surface area contributed by atoms with Gasteiger partial charge in [-0.25, -0.2) is 4.79 Å². The van der Waals surface area contributed by atoms with Crippen molar-refractivity contribution in [1.29, 1.82) is 0 Å². The van der Waals surface area contributed by atoms with Crippen LogP contribution in [0.4, 0.5) is 16.3 Å². The molecule has 174 valence electrons. The largest absolute Gasteiger partial charge is 0.331 e. The van der Waals surface area contributed by atoms with Gasteiger partial charge >= 0.3 is 6.03 Å². The zero-order chi connectivity index (χ0) is 23.2. The number of carbonyl (C=O) groups excluding carboxylic acids is 2. The van der Waals surface area contributed by atoms with Crippen LogP contribution >= 0.6 is 11.6 Å². The number of hydrogen-bond donors (Lipinski definition) is 4. The van der Waals surface area contributed by atoms with Gasteiger partial charge in [0.1, 0.15) is 0 Å². The summed E-state index contributed by atoms with van der Waals surface area (Å²) >= 11 is 6.11. The van der Waals surface area contributed by atoms with E-state index in [2.05, 4.69) is 32.2 Å². The van der Waals surface area contributed by atoms with Crippen LogP contribution in [0.3, 0.4) is 0 Å². The molecule has 9 heteroatoms. The molecule has 3 aliphatic rings. The van der Waals surface area contributed by atoms with Gasteiger partial charge < -0.3 is 15.5 Å². The quantitative estimate of drug-likeness (QED) is 0.442. The molecule has 2 aliphatic heterocycles. The number of H-pyrrole nitrogens is 1. The first-order chi connectivity index (χ1) is 16.5. The molecular formula is C25H25ClN6O2. The number of aromatic amines is 1. The van der Waals surface area contributed by atoms with Crippen molar-refractivity contribution in [2.75, 3.05) is 17.2 Å². The van der Waals surface area contributed by atoms with Gasteiger partial charge in [-0.15, -0.1) is 0 Å². The molecule has 1 aliphatic carbocycles. The van der Waals surface area contributed by atoms with E-state index in [0.29, 0.717) is 29.7 Å². The molecule has 1 fully saturated rings. The Bertz CT molecular complexity index is 1290. The molecule has 3 aromatic rings. The Morgan fingerprint density at radius 1 is 1.15 bits per heavy atom. The normalized spacial score (nSPS) is 20.3. The number of nitrogens with zero attached hydrogens (tertiary/aromatic N) is 2. The number of aromatic nitrogens is 2. The summed E-state index contributed by atoms with van der Waals surface area (Å²) in [6.45, 7) is 1.39. The van der Waals surface area contributed by atoms with Crippen molar-refractivity contribution in [3.05, 3.63) is 75.4 Å². The highest BCUT2D eigenvalue weighted by Crippen LogP contribution is 2.44. The number of fused-ring (bicyclic) bond motifs is 4. The van der Waals surface area contributed by atoms with Crippen LogP contribution < -0.4 is 16.0 Å². The average molecular weight is 477 g/mol. The molecule has 0 spiro atoms. The van der Waals surface area contributed by atoms with E-state index in [1.165, 1.54) is 11.1 Å². The number of amides is 3. The average Bonchev–Trinajstić information content (AvgIpc) is 3.59. The minimum Gasteiger partial charge on any atom is -0.331 e. The Morgan fingerprint density at radius 3 is 2.94 bits per heavy atom. The van der Waals surface area contributed by atoms with E-state index in [4.69, 9.17) is 11.6 Å². The van der Waals surface area contributed by atoms with Crippen LogP contribution in [0.2, 0.25) is 5.02 Å². The SMILES string of the molecule is O=C(Nc1cc(CNC2Cc3ccc(Cl)cc3C2)[nH]n1)Nc1cccc2c1[C@@H]1CCCN1C2=O. The topological polar surface area (TPSA) is 102 Å². The maximum Gasteiger partial charge on any atom is 0.324 e. The van der Waals surface area contributed by atoms with Crippen LogP contribution in [0, 0.1) is 0 Å². The number of nitrogens with one attached hydrogen (secondary N) is 4. The molecule has 0 bridgehead atoms. The van der Waals surface area contributed by atoms with E-state index in [0.717, 1.165) is 48.5 Å². The predicted molar refractivity (Wildman–Crippen MR) is 130 cm³/mol. The van der Waals surface area contributed by atoms with Crippen LogP contribution in [0.5, 0.6) is 0 Å². The molecule has 1 saturated heterocycles. The monoisotopic (exact) mass is 476 g/mol. The Kier molecular flexibility index (Phi) is 5.27. The van der Waals surface area contributed by atoms with Crippen molar-refractivity contribution in [3.63, 3.8) is 0 Å². The molecule has 0 saturated carbocycles. The van der Waals surface area contributed by atoms with E-state index in [9.17, 15) is 9.59 Å². The maximum absolute atomic E-state index is 12.7. The van der Waals surface area contributed by atoms with E-state index in [-0.39, 0.29) is 18.0 Å². The number of carbonyl (C=O) groups is 2. The van der Waals surface area contributed by atoms with Crippen molar-refractivity contribution >= 4 is 35.0 Å². The Morgan fingerprint density at radius 2 is 2.03 bits per heavy atom. The summed E-state index contributed by atoms with van der Waals surface area (Å²) in [7, 11) is 0. The molecule has 1 unspecified atom stereocenters. The van der Waals surface area contributed by atoms with Crippen molar-refractivity contribution in [3.8, 4) is 0 Å². The zero-order valence-electron chi connectivity index (χ0n) is 18.5. The number of benzene rings is 2. The van der Waals surface area contributed by atoms with Crippen molar-refractivity contribution < 1.29 is 9.59 Å². The van der Waals surface area contributed by atoms with Gasteiger partial charge in [-0.1, -0.05) is 23.7 Å². The van der Waals surface area contributed by atoms with E-state index in [1.807, 2.05) is 41.3 Å². The van der Waals surface area contributed by atoms with Crippen LogP contribution in [0.1, 0.15) is 51.6 Å². The van der Waals surface area contributed by atoms with Crippen molar-refractivity contribution in [2.24, 2.45) is 0 Å². The number of halogens is 1. The van der Waals surface area contributed by atoms with Gasteiger partial charge in [0.2, 0.25) is 0 Å². The van der Waals surface area contributed by atoms with Gasteiger partial charge in [-0.3, -0.25) is 15.2 Å². The summed E-state index contributed by atoms with van der Waals surface area (Å²) in [5, 5.41) is 17.2. The fourth-order valence-electron chi connectivity index (χ4n) is 5.46. The summed E-state index contributed by atoms with van der Waals surface area (Å²) in [5.41, 5.74) is 5.80. The standard InChI is InChI=1S/C25H25ClN6O2/c26-16-7-6-14-10-17(11-15(14)9-16)27-13-18-12-22(31-30-18)29-25(34)28-20-4-1-3-19-23(20)21-5-2-8-32(21)24(19)33/h1,3-4,6-7,9,12,17,21,27H,2,5,8,10-11,13H2,(H3,28,29,30,31,34)/t17?,21-/m0/s1. The number of anilines is 2. The molecule has 6 rings (SSSR count). The third-order valence-corrected chi connectivity index (χ3v) is 7.22. The van der Waals surface area contributed by atoms with Gasteiger partial charge in [0.15, 0.2) is 5.82 Å². The van der Waals surface area contributed by atoms with Gasteiger partial charge in [0.25, 0.3) is 5.91 Å². The molecular weight excluding hydrogens is 452 g/mol. The summed E-state index contributed by atoms with van der Waals surface area (Å²) in [5.74, 6) is 0.501. The first-order valence-electron chi connectivity index (χ1n) is 11.6. The molecule has 0 radical (unpaired) electrons. The first-order valence-corrected chi connectivity index (χ1v) is 12.0. The zero-order valence-corrected chi connectivity index (χ0v) is 19.3. The molecule has 3 heterocycles. The van der Waals surface area contributed by atoms with Gasteiger partial charge in [-0.2, -0.15) is 5.10 Å². The van der Waals surface area contributed by atoms with Crippen molar-refractivity contribution in [1.82, 2.24) is 20.4 Å². The summed E-state index contributed by atoms with van der Waals surface area (Å²) < 4.78 is 0. The van der Waals surface area contributed by atoms with E-state index < -0.39 is 0 Å². The molecule has 34 heavy (non-hydrogen) atoms. The number of urea groups is 1. The Balaban J connectivity index is 1.06. The van der Waals surface area contributed by atoms with E-state index in [1.54, 1.807) is 0 Å². The second-order valence-electron chi connectivity index (χ2n) is 9.18. The first kappa shape index (κ1) is 21.2. The number of rotatable bonds is 5. The maximum atomic E-state index is 12.7. The number of hydrogen-bond acceptors (Lipinski definition) is 4. The second kappa shape index (κ2) is 8.45. The molecule has 2 aromatic carbocycles. The molecule has 3 amide bonds. The highest BCUT2D eigenvalue weighted by atomic mass is 35.5. The Labute approximate surface area is 202 Å². The highest BCUT2D eigenvalue weighted by molar-refractivity contribution is 6.30. The van der Waals surface area contributed by atoms with E-state index >= 15 is 0 Å². The van der Waals surface area contributed by atoms with Crippen molar-refractivity contribution in [2.45, 2.75) is 44.3 Å². The predicted octanol–water partition coefficient (Wildman–Crippen LogP) is 4.25. The smallest absolute Gasteiger partial charge is 0.324 e. The third kappa shape index (κ3) is 3.82. The van der Waals surface area contributed by atoms with Crippen LogP contribution in [-0.2, 0) is 19.4 Å². The molecule has 2 atom stereocenters. The minimum atomic E-state index is -0.383. The van der Waals surface area contributed by atoms with Crippen LogP contribution in [-0.4, -0.2) is 39.6 Å². The Hall–Kier alpha value is -3.36. The minimum absolute atomic E-state index is 0.0551. The highest BCUT2D eigenvalue weighted by Gasteiger charge is 2.41. The van der Waals surface area contributed by atoms with Gasteiger partial charge in [0.05, 0.1) is 11.7 Å². The second-order valence-corrected chi connectivity index (χ2v) is 9.62. The lowest BCUT2D eigenvalue weighted by Crippen LogP contribution is -2.29. The van der Waals surface area contributed by atoms with Gasteiger partial charge in [-0.05, 0) is 61.1 Å². The van der Waals surface area contributed by atoms with Crippen LogP contribution in [0.25, 0.3) is 0 Å². The summed E-state index contributed by atoms with van der Waals surface area (Å²) in [4.78, 5) is 27.2. The lowest BCUT2D eigenvalue weighted by Gasteiger charge is -2.17. The van der Waals surface area contributed by atoms with Gasteiger partial charge in [0, 0.05) is 47.0 Å². The fraction of sp³-hybridized carbons (Fsp3) is 0.320. The third-order valence-electron chi connectivity index (χ3n) is 6.99. The summed E-state index contributed by atoms with van der Waals surface area (Å²) in [6, 6.07) is 13.4. The lowest BCUT2D eigenvalue weighted by molar-refractivity contribution is 0.0776. The molecule has 1 aromatic heterocycles.